The molecule has 2 N–H and O–H groups in total. The van der Waals surface area contributed by atoms with E-state index in [4.69, 9.17) is 0 Å². The van der Waals surface area contributed by atoms with Gasteiger partial charge in [0.15, 0.2) is 0 Å². The summed E-state index contributed by atoms with van der Waals surface area (Å²) in [7, 11) is 0. The Hall–Kier alpha value is -1.38. The minimum absolute atomic E-state index is 0.938. The summed E-state index contributed by atoms with van der Waals surface area (Å²) in [5.41, 5.74) is 1.53. The van der Waals surface area contributed by atoms with Gasteiger partial charge in [-0.2, -0.15) is 0 Å². The summed E-state index contributed by atoms with van der Waals surface area (Å²) >= 11 is 0. The summed E-state index contributed by atoms with van der Waals surface area (Å²) in [4.78, 5) is 3.68. The van der Waals surface area contributed by atoms with Gasteiger partial charge in [-0.3, -0.25) is 0 Å². The van der Waals surface area contributed by atoms with Crippen LogP contribution in [0.2, 0.25) is 0 Å². The maximum Gasteiger partial charge on any atom is 0.127 e. The number of rotatable bonds is 3. The molecule has 0 unspecified atom stereocenters. The maximum atomic E-state index is 2.49. The molecule has 128 valence electrons. The van der Waals surface area contributed by atoms with Gasteiger partial charge in [0.2, 0.25) is 0 Å². The first kappa shape index (κ1) is 16.1. The molecular formula is C22H32N2+2. The van der Waals surface area contributed by atoms with Crippen LogP contribution < -0.4 is 9.80 Å². The van der Waals surface area contributed by atoms with Crippen molar-refractivity contribution < 1.29 is 9.80 Å². The van der Waals surface area contributed by atoms with Crippen LogP contribution in [0, 0.1) is 5.92 Å². The second-order valence-corrected chi connectivity index (χ2v) is 8.09. The average Bonchev–Trinajstić information content (AvgIpc) is 2.63. The molecule has 0 bridgehead atoms. The number of piperazine rings is 1. The lowest BCUT2D eigenvalue weighted by Crippen LogP contribution is -3.29. The van der Waals surface area contributed by atoms with E-state index in [0.29, 0.717) is 0 Å². The van der Waals surface area contributed by atoms with Crippen LogP contribution in [0.5, 0.6) is 0 Å². The molecule has 2 aromatic rings. The number of hydrogen-bond donors (Lipinski definition) is 2. The van der Waals surface area contributed by atoms with E-state index in [1.165, 1.54) is 74.7 Å². The number of quaternary nitrogens is 2. The SMILES string of the molecule is C[C@H]1CCCC[C@H]1[NH+]1CC[NH+](Cc2cccc3ccccc23)CC1. The van der Waals surface area contributed by atoms with Crippen LogP contribution in [-0.2, 0) is 6.54 Å². The van der Waals surface area contributed by atoms with Crippen LogP contribution in [0.15, 0.2) is 42.5 Å². The fourth-order valence-electron chi connectivity index (χ4n) is 5.11. The van der Waals surface area contributed by atoms with Gasteiger partial charge in [-0.15, -0.1) is 0 Å². The van der Waals surface area contributed by atoms with Crippen LogP contribution in [0.3, 0.4) is 0 Å². The third-order valence-electron chi connectivity index (χ3n) is 6.56. The lowest BCUT2D eigenvalue weighted by Gasteiger charge is -2.39. The predicted molar refractivity (Wildman–Crippen MR) is 100 cm³/mol. The molecule has 24 heavy (non-hydrogen) atoms. The molecule has 1 aliphatic heterocycles. The summed E-state index contributed by atoms with van der Waals surface area (Å²) in [5, 5.41) is 2.83. The van der Waals surface area contributed by atoms with Gasteiger partial charge in [-0.1, -0.05) is 55.8 Å². The molecule has 0 spiro atoms. The molecule has 2 fully saturated rings. The fraction of sp³-hybridized carbons (Fsp3) is 0.545. The zero-order chi connectivity index (χ0) is 16.4. The molecule has 2 aromatic carbocycles. The highest BCUT2D eigenvalue weighted by Crippen LogP contribution is 2.22. The first-order chi connectivity index (χ1) is 11.8. The second kappa shape index (κ2) is 7.25. The highest BCUT2D eigenvalue weighted by molar-refractivity contribution is 5.85. The van der Waals surface area contributed by atoms with Gasteiger partial charge in [0, 0.05) is 11.5 Å². The molecule has 2 heteroatoms. The van der Waals surface area contributed by atoms with Gasteiger partial charge in [-0.25, -0.2) is 0 Å². The van der Waals surface area contributed by atoms with Crippen LogP contribution in [0.25, 0.3) is 10.8 Å². The highest BCUT2D eigenvalue weighted by Gasteiger charge is 2.34. The zero-order valence-electron chi connectivity index (χ0n) is 15.1. The quantitative estimate of drug-likeness (QED) is 0.850. The van der Waals surface area contributed by atoms with Crippen molar-refractivity contribution in [2.24, 2.45) is 5.92 Å². The Kier molecular flexibility index (Phi) is 4.86. The van der Waals surface area contributed by atoms with Gasteiger partial charge in [0.1, 0.15) is 32.7 Å². The monoisotopic (exact) mass is 324 g/mol. The Morgan fingerprint density at radius 2 is 1.62 bits per heavy atom. The Labute approximate surface area is 146 Å². The smallest absolute Gasteiger partial charge is 0.127 e. The first-order valence-electron chi connectivity index (χ1n) is 9.96. The largest absolute Gasteiger partial charge is 0.323 e. The molecule has 0 radical (unpaired) electrons. The van der Waals surface area contributed by atoms with E-state index < -0.39 is 0 Å². The van der Waals surface area contributed by atoms with Gasteiger partial charge >= 0.3 is 0 Å². The molecule has 1 saturated carbocycles. The normalized spacial score (nSPS) is 31.2. The Balaban J connectivity index is 1.39. The second-order valence-electron chi connectivity index (χ2n) is 8.09. The van der Waals surface area contributed by atoms with Gasteiger partial charge in [0.05, 0.1) is 6.04 Å². The van der Waals surface area contributed by atoms with E-state index in [0.717, 1.165) is 12.0 Å². The molecule has 1 saturated heterocycles. The summed E-state index contributed by atoms with van der Waals surface area (Å²) < 4.78 is 0. The van der Waals surface area contributed by atoms with Crippen molar-refractivity contribution in [3.05, 3.63) is 48.0 Å². The van der Waals surface area contributed by atoms with Crippen LogP contribution >= 0.6 is 0 Å². The van der Waals surface area contributed by atoms with Gasteiger partial charge in [0.25, 0.3) is 0 Å². The highest BCUT2D eigenvalue weighted by atomic mass is 15.3. The number of benzene rings is 2. The van der Waals surface area contributed by atoms with Crippen LogP contribution in [-0.4, -0.2) is 32.2 Å². The fourth-order valence-corrected chi connectivity index (χ4v) is 5.11. The molecule has 1 aliphatic carbocycles. The van der Waals surface area contributed by atoms with E-state index in [2.05, 4.69) is 49.4 Å². The summed E-state index contributed by atoms with van der Waals surface area (Å²) in [5.74, 6) is 0.938. The summed E-state index contributed by atoms with van der Waals surface area (Å²) in [6.07, 6.45) is 5.85. The molecule has 4 rings (SSSR count). The lowest BCUT2D eigenvalue weighted by molar-refractivity contribution is -1.03. The molecule has 2 atom stereocenters. The van der Waals surface area contributed by atoms with Gasteiger partial charge < -0.3 is 9.80 Å². The molecule has 2 aliphatic rings. The minimum atomic E-state index is 0.938. The van der Waals surface area contributed by atoms with Crippen LogP contribution in [0.1, 0.15) is 38.2 Å². The van der Waals surface area contributed by atoms with Crippen molar-refractivity contribution in [2.75, 3.05) is 26.2 Å². The van der Waals surface area contributed by atoms with Crippen molar-refractivity contribution in [2.45, 2.75) is 45.2 Å². The Bertz CT molecular complexity index is 667. The topological polar surface area (TPSA) is 8.88 Å². The predicted octanol–water partition coefficient (Wildman–Crippen LogP) is 1.70. The Morgan fingerprint density at radius 3 is 2.46 bits per heavy atom. The van der Waals surface area contributed by atoms with E-state index in [1.807, 2.05) is 4.90 Å². The Morgan fingerprint density at radius 1 is 0.875 bits per heavy atom. The molecule has 2 nitrogen and oxygen atoms in total. The third kappa shape index (κ3) is 3.36. The number of fused-ring (bicyclic) bond motifs is 1. The number of nitrogens with one attached hydrogen (secondary N) is 2. The van der Waals surface area contributed by atoms with E-state index in [9.17, 15) is 0 Å². The first-order valence-corrected chi connectivity index (χ1v) is 9.96. The van der Waals surface area contributed by atoms with Crippen molar-refractivity contribution >= 4 is 10.8 Å². The molecular weight excluding hydrogens is 292 g/mol. The molecule has 0 amide bonds. The minimum Gasteiger partial charge on any atom is -0.323 e. The van der Waals surface area contributed by atoms with Crippen molar-refractivity contribution in [3.8, 4) is 0 Å². The van der Waals surface area contributed by atoms with Crippen LogP contribution in [0.4, 0.5) is 0 Å². The van der Waals surface area contributed by atoms with Crippen molar-refractivity contribution in [3.63, 3.8) is 0 Å². The standard InChI is InChI=1S/C22H30N2/c1-18-7-2-5-12-22(18)24-15-13-23(14-16-24)17-20-10-6-9-19-8-3-4-11-21(19)20/h3-4,6,8-11,18,22H,2,5,7,12-17H2,1H3/p+2/t18-,22+/m0/s1. The average molecular weight is 325 g/mol. The van der Waals surface area contributed by atoms with E-state index in [1.54, 1.807) is 4.90 Å². The number of hydrogen-bond acceptors (Lipinski definition) is 0. The molecule has 1 heterocycles. The van der Waals surface area contributed by atoms with E-state index in [-0.39, 0.29) is 0 Å². The summed E-state index contributed by atoms with van der Waals surface area (Å²) in [6, 6.07) is 16.6. The molecule has 0 aromatic heterocycles. The van der Waals surface area contributed by atoms with Crippen molar-refractivity contribution in [1.82, 2.24) is 0 Å². The summed E-state index contributed by atoms with van der Waals surface area (Å²) in [6.45, 7) is 9.09. The van der Waals surface area contributed by atoms with Gasteiger partial charge in [-0.05, 0) is 30.0 Å². The maximum absolute atomic E-state index is 2.49. The van der Waals surface area contributed by atoms with E-state index >= 15 is 0 Å². The lowest BCUT2D eigenvalue weighted by atomic mass is 9.84. The van der Waals surface area contributed by atoms with Crippen molar-refractivity contribution in [1.29, 1.82) is 0 Å². The zero-order valence-corrected chi connectivity index (χ0v) is 15.1. The third-order valence-corrected chi connectivity index (χ3v) is 6.56.